The Morgan fingerprint density at radius 2 is 1.75 bits per heavy atom. The van der Waals surface area contributed by atoms with Gasteiger partial charge in [-0.2, -0.15) is 0 Å². The van der Waals surface area contributed by atoms with Gasteiger partial charge in [-0.1, -0.05) is 48.5 Å². The molecule has 3 heteroatoms. The van der Waals surface area contributed by atoms with Gasteiger partial charge in [0.2, 0.25) is 0 Å². The lowest BCUT2D eigenvalue weighted by Crippen LogP contribution is -2.44. The second kappa shape index (κ2) is 5.65. The number of benzene rings is 2. The van der Waals surface area contributed by atoms with Crippen LogP contribution in [-0.2, 0) is 6.54 Å². The fourth-order valence-electron chi connectivity index (χ4n) is 2.62. The number of aliphatic hydroxyl groups is 1. The van der Waals surface area contributed by atoms with Crippen molar-refractivity contribution in [1.82, 2.24) is 5.32 Å². The Bertz CT molecular complexity index is 570. The Morgan fingerprint density at radius 1 is 1.05 bits per heavy atom. The first kappa shape index (κ1) is 13.2. The summed E-state index contributed by atoms with van der Waals surface area (Å²) >= 11 is 0. The molecule has 3 rings (SSSR count). The first-order valence-corrected chi connectivity index (χ1v) is 6.96. The van der Waals surface area contributed by atoms with Crippen LogP contribution in [0, 0.1) is 0 Å². The van der Waals surface area contributed by atoms with Gasteiger partial charge in [0.25, 0.3) is 0 Å². The van der Waals surface area contributed by atoms with E-state index in [1.165, 1.54) is 5.56 Å². The van der Waals surface area contributed by atoms with Crippen molar-refractivity contribution in [3.63, 3.8) is 0 Å². The third kappa shape index (κ3) is 2.55. The lowest BCUT2D eigenvalue weighted by atomic mass is 9.94. The Balaban J connectivity index is 1.81. The maximum absolute atomic E-state index is 10.4. The smallest absolute Gasteiger partial charge is 0.124 e. The lowest BCUT2D eigenvalue weighted by Gasteiger charge is -2.35. The van der Waals surface area contributed by atoms with Crippen molar-refractivity contribution in [2.24, 2.45) is 0 Å². The van der Waals surface area contributed by atoms with E-state index >= 15 is 0 Å². The number of hydrogen-bond donors (Lipinski definition) is 2. The number of fused-ring (bicyclic) bond motifs is 1. The van der Waals surface area contributed by atoms with Crippen molar-refractivity contribution < 1.29 is 9.84 Å². The molecule has 0 aromatic heterocycles. The molecule has 3 nitrogen and oxygen atoms in total. The van der Waals surface area contributed by atoms with Gasteiger partial charge in [0.05, 0.1) is 6.04 Å². The number of rotatable bonds is 3. The summed E-state index contributed by atoms with van der Waals surface area (Å²) in [6, 6.07) is 18.0. The van der Waals surface area contributed by atoms with Gasteiger partial charge in [-0.25, -0.2) is 0 Å². The summed E-state index contributed by atoms with van der Waals surface area (Å²) in [5.74, 6) is 0.857. The van der Waals surface area contributed by atoms with E-state index in [0.717, 1.165) is 17.9 Å². The van der Waals surface area contributed by atoms with Crippen LogP contribution in [0.3, 0.4) is 0 Å². The van der Waals surface area contributed by atoms with Crippen LogP contribution in [0.2, 0.25) is 0 Å². The predicted octanol–water partition coefficient (Wildman–Crippen LogP) is 2.66. The number of aliphatic hydroxyl groups excluding tert-OH is 1. The minimum Gasteiger partial charge on any atom is -0.488 e. The maximum Gasteiger partial charge on any atom is 0.124 e. The monoisotopic (exact) mass is 269 g/mol. The summed E-state index contributed by atoms with van der Waals surface area (Å²) < 4.78 is 5.74. The van der Waals surface area contributed by atoms with E-state index in [1.807, 2.05) is 49.4 Å². The second-order valence-corrected chi connectivity index (χ2v) is 5.20. The maximum atomic E-state index is 10.4. The highest BCUT2D eigenvalue weighted by atomic mass is 16.5. The average Bonchev–Trinajstić information content (AvgIpc) is 2.49. The minimum absolute atomic E-state index is 0.102. The molecular formula is C17H19NO2. The van der Waals surface area contributed by atoms with E-state index < -0.39 is 6.10 Å². The number of para-hydroxylation sites is 1. The molecule has 0 saturated carbocycles. The highest BCUT2D eigenvalue weighted by molar-refractivity contribution is 5.39. The molecule has 1 heterocycles. The summed E-state index contributed by atoms with van der Waals surface area (Å²) in [5, 5.41) is 13.8. The van der Waals surface area contributed by atoms with E-state index in [0.29, 0.717) is 0 Å². The fourth-order valence-corrected chi connectivity index (χ4v) is 2.62. The molecule has 0 amide bonds. The summed E-state index contributed by atoms with van der Waals surface area (Å²) in [6.45, 7) is 2.63. The van der Waals surface area contributed by atoms with E-state index in [2.05, 4.69) is 17.4 Å². The third-order valence-electron chi connectivity index (χ3n) is 3.76. The first-order chi connectivity index (χ1) is 9.75. The van der Waals surface area contributed by atoms with Crippen LogP contribution in [0.15, 0.2) is 54.6 Å². The van der Waals surface area contributed by atoms with Gasteiger partial charge in [-0.05, 0) is 18.6 Å². The molecule has 1 aliphatic heterocycles. The van der Waals surface area contributed by atoms with Crippen molar-refractivity contribution in [2.75, 3.05) is 0 Å². The zero-order valence-electron chi connectivity index (χ0n) is 11.5. The molecular weight excluding hydrogens is 250 g/mol. The van der Waals surface area contributed by atoms with Crippen molar-refractivity contribution in [3.05, 3.63) is 65.7 Å². The zero-order valence-corrected chi connectivity index (χ0v) is 11.5. The number of nitrogens with one attached hydrogen (secondary N) is 1. The molecule has 0 fully saturated rings. The molecule has 2 N–H and O–H groups in total. The Morgan fingerprint density at radius 3 is 2.55 bits per heavy atom. The molecule has 0 saturated heterocycles. The van der Waals surface area contributed by atoms with Crippen molar-refractivity contribution >= 4 is 0 Å². The van der Waals surface area contributed by atoms with Crippen LogP contribution >= 0.6 is 0 Å². The molecule has 20 heavy (non-hydrogen) atoms. The van der Waals surface area contributed by atoms with Gasteiger partial charge >= 0.3 is 0 Å². The largest absolute Gasteiger partial charge is 0.488 e. The van der Waals surface area contributed by atoms with Gasteiger partial charge < -0.3 is 15.2 Å². The van der Waals surface area contributed by atoms with E-state index in [1.54, 1.807) is 0 Å². The Hall–Kier alpha value is -1.84. The molecule has 104 valence electrons. The minimum atomic E-state index is -0.548. The van der Waals surface area contributed by atoms with Gasteiger partial charge in [-0.15, -0.1) is 0 Å². The van der Waals surface area contributed by atoms with Gasteiger partial charge in [0, 0.05) is 12.1 Å². The Labute approximate surface area is 119 Å². The third-order valence-corrected chi connectivity index (χ3v) is 3.76. The molecule has 0 spiro atoms. The van der Waals surface area contributed by atoms with Gasteiger partial charge in [0.15, 0.2) is 0 Å². The molecule has 0 aliphatic carbocycles. The summed E-state index contributed by atoms with van der Waals surface area (Å²) in [5.41, 5.74) is 2.23. The van der Waals surface area contributed by atoms with E-state index in [-0.39, 0.29) is 12.1 Å². The first-order valence-electron chi connectivity index (χ1n) is 6.96. The van der Waals surface area contributed by atoms with Crippen LogP contribution in [-0.4, -0.2) is 17.3 Å². The topological polar surface area (TPSA) is 41.5 Å². The van der Waals surface area contributed by atoms with Crippen LogP contribution in [0.4, 0.5) is 0 Å². The van der Waals surface area contributed by atoms with Gasteiger partial charge in [0.1, 0.15) is 18.0 Å². The van der Waals surface area contributed by atoms with Crippen molar-refractivity contribution in [1.29, 1.82) is 0 Å². The second-order valence-electron chi connectivity index (χ2n) is 5.20. The quantitative estimate of drug-likeness (QED) is 0.900. The van der Waals surface area contributed by atoms with Crippen molar-refractivity contribution in [2.45, 2.75) is 31.7 Å². The van der Waals surface area contributed by atoms with E-state index in [9.17, 15) is 5.11 Å². The zero-order chi connectivity index (χ0) is 13.9. The van der Waals surface area contributed by atoms with Crippen LogP contribution in [0.25, 0.3) is 0 Å². The highest BCUT2D eigenvalue weighted by Crippen LogP contribution is 2.34. The van der Waals surface area contributed by atoms with Crippen LogP contribution in [0.5, 0.6) is 5.75 Å². The summed E-state index contributed by atoms with van der Waals surface area (Å²) in [6.07, 6.45) is -0.758. The lowest BCUT2D eigenvalue weighted by molar-refractivity contribution is 0.00205. The fraction of sp³-hybridized carbons (Fsp3) is 0.294. The number of hydrogen-bond acceptors (Lipinski definition) is 3. The molecule has 3 unspecified atom stereocenters. The number of ether oxygens (including phenoxy) is 1. The normalized spacial score (nSPS) is 24.8. The molecule has 1 aliphatic rings. The summed E-state index contributed by atoms with van der Waals surface area (Å²) in [7, 11) is 0. The summed E-state index contributed by atoms with van der Waals surface area (Å²) in [4.78, 5) is 0. The van der Waals surface area contributed by atoms with Gasteiger partial charge in [-0.3, -0.25) is 0 Å². The van der Waals surface area contributed by atoms with E-state index in [4.69, 9.17) is 4.74 Å². The van der Waals surface area contributed by atoms with Crippen LogP contribution < -0.4 is 10.1 Å². The molecule has 2 aromatic rings. The average molecular weight is 269 g/mol. The Kier molecular flexibility index (Phi) is 3.72. The molecule has 0 bridgehead atoms. The SMILES string of the molecule is CC1Oc2ccccc2C(NCc2ccccc2)C1O. The standard InChI is InChI=1S/C17H19NO2/c1-12-17(19)16(14-9-5-6-10-15(14)20-12)18-11-13-7-3-2-4-8-13/h2-10,12,16-19H,11H2,1H3. The van der Waals surface area contributed by atoms with Crippen LogP contribution in [0.1, 0.15) is 24.1 Å². The predicted molar refractivity (Wildman–Crippen MR) is 78.6 cm³/mol. The molecule has 0 radical (unpaired) electrons. The molecule has 2 aromatic carbocycles. The van der Waals surface area contributed by atoms with Crippen molar-refractivity contribution in [3.8, 4) is 5.75 Å². The molecule has 3 atom stereocenters. The highest BCUT2D eigenvalue weighted by Gasteiger charge is 2.34.